The van der Waals surface area contributed by atoms with Gasteiger partial charge in [0.05, 0.1) is 12.7 Å². The predicted molar refractivity (Wildman–Crippen MR) is 81.6 cm³/mol. The average molecular weight is 329 g/mol. The highest BCUT2D eigenvalue weighted by Crippen LogP contribution is 2.11. The summed E-state index contributed by atoms with van der Waals surface area (Å²) in [4.78, 5) is 4.41. The fourth-order valence-electron chi connectivity index (χ4n) is 1.75. The Kier molecular flexibility index (Phi) is 5.45. The molecule has 0 aliphatic rings. The van der Waals surface area contributed by atoms with Gasteiger partial charge in [-0.1, -0.05) is 0 Å². The Morgan fingerprint density at radius 3 is 2.90 bits per heavy atom. The summed E-state index contributed by atoms with van der Waals surface area (Å²) in [6.45, 7) is 3.63. The average Bonchev–Trinajstić information content (AvgIpc) is 3.06. The van der Waals surface area contributed by atoms with E-state index in [1.165, 1.54) is 17.5 Å². The predicted octanol–water partition coefficient (Wildman–Crippen LogP) is 0.736. The van der Waals surface area contributed by atoms with E-state index in [0.29, 0.717) is 6.54 Å². The van der Waals surface area contributed by atoms with Gasteiger partial charge < -0.3 is 5.32 Å². The molecule has 0 saturated carbocycles. The zero-order chi connectivity index (χ0) is 15.3. The van der Waals surface area contributed by atoms with Crippen LogP contribution < -0.4 is 10.0 Å². The van der Waals surface area contributed by atoms with Crippen molar-refractivity contribution < 1.29 is 8.42 Å². The zero-order valence-corrected chi connectivity index (χ0v) is 13.7. The van der Waals surface area contributed by atoms with Gasteiger partial charge in [0.2, 0.25) is 10.0 Å². The number of aryl methyl sites for hydroxylation is 2. The van der Waals surface area contributed by atoms with Crippen molar-refractivity contribution in [3.05, 3.63) is 28.5 Å². The summed E-state index contributed by atoms with van der Waals surface area (Å²) in [5, 5.41) is 9.75. The molecule has 7 nitrogen and oxygen atoms in total. The lowest BCUT2D eigenvalue weighted by molar-refractivity contribution is 0.560. The molecule has 0 fully saturated rings. The SMILES string of the molecule is CNCCCn1cc(S(=O)(=O)NCc2nc(C)cs2)cn1. The molecule has 0 aliphatic heterocycles. The molecule has 0 unspecified atom stereocenters. The molecule has 2 aromatic rings. The lowest BCUT2D eigenvalue weighted by Crippen LogP contribution is -2.22. The van der Waals surface area contributed by atoms with E-state index < -0.39 is 10.0 Å². The Labute approximate surface area is 128 Å². The highest BCUT2D eigenvalue weighted by atomic mass is 32.2. The summed E-state index contributed by atoms with van der Waals surface area (Å²) in [6.07, 6.45) is 3.81. The lowest BCUT2D eigenvalue weighted by Gasteiger charge is -2.02. The van der Waals surface area contributed by atoms with E-state index in [-0.39, 0.29) is 11.4 Å². The van der Waals surface area contributed by atoms with Gasteiger partial charge in [0.25, 0.3) is 0 Å². The second-order valence-electron chi connectivity index (χ2n) is 4.60. The third-order valence-corrected chi connectivity index (χ3v) is 5.14. The van der Waals surface area contributed by atoms with Crippen LogP contribution in [0.2, 0.25) is 0 Å². The van der Waals surface area contributed by atoms with Crippen molar-refractivity contribution >= 4 is 21.4 Å². The topological polar surface area (TPSA) is 88.9 Å². The number of hydrogen-bond acceptors (Lipinski definition) is 6. The quantitative estimate of drug-likeness (QED) is 0.697. The smallest absolute Gasteiger partial charge is 0.244 e. The molecule has 0 spiro atoms. The Balaban J connectivity index is 1.95. The van der Waals surface area contributed by atoms with Crippen LogP contribution in [0.5, 0.6) is 0 Å². The van der Waals surface area contributed by atoms with Crippen molar-refractivity contribution in [1.29, 1.82) is 0 Å². The van der Waals surface area contributed by atoms with Crippen LogP contribution >= 0.6 is 11.3 Å². The molecule has 2 N–H and O–H groups in total. The van der Waals surface area contributed by atoms with E-state index in [1.807, 2.05) is 19.4 Å². The number of rotatable bonds is 8. The summed E-state index contributed by atoms with van der Waals surface area (Å²) in [5.41, 5.74) is 0.895. The van der Waals surface area contributed by atoms with E-state index in [2.05, 4.69) is 20.1 Å². The first kappa shape index (κ1) is 16.1. The molecule has 2 rings (SSSR count). The molecule has 0 aromatic carbocycles. The Morgan fingerprint density at radius 1 is 1.43 bits per heavy atom. The van der Waals surface area contributed by atoms with E-state index in [9.17, 15) is 8.42 Å². The Morgan fingerprint density at radius 2 is 2.24 bits per heavy atom. The highest BCUT2D eigenvalue weighted by molar-refractivity contribution is 7.89. The fraction of sp³-hybridized carbons (Fsp3) is 0.500. The third kappa shape index (κ3) is 4.60. The highest BCUT2D eigenvalue weighted by Gasteiger charge is 2.16. The van der Waals surface area contributed by atoms with Crippen molar-refractivity contribution in [2.75, 3.05) is 13.6 Å². The number of thiazole rings is 1. The molecule has 9 heteroatoms. The second-order valence-corrected chi connectivity index (χ2v) is 7.31. The summed E-state index contributed by atoms with van der Waals surface area (Å²) >= 11 is 1.44. The summed E-state index contributed by atoms with van der Waals surface area (Å²) in [5.74, 6) is 0. The van der Waals surface area contributed by atoms with Gasteiger partial charge in [-0.05, 0) is 26.9 Å². The molecule has 0 saturated heterocycles. The van der Waals surface area contributed by atoms with Gasteiger partial charge in [0, 0.05) is 23.8 Å². The van der Waals surface area contributed by atoms with Crippen LogP contribution in [-0.4, -0.2) is 36.8 Å². The molecule has 0 atom stereocenters. The van der Waals surface area contributed by atoms with Gasteiger partial charge in [0.15, 0.2) is 0 Å². The summed E-state index contributed by atoms with van der Waals surface area (Å²) < 4.78 is 28.5. The van der Waals surface area contributed by atoms with Crippen LogP contribution in [0, 0.1) is 6.92 Å². The Hall–Kier alpha value is -1.29. The second kappa shape index (κ2) is 7.12. The van der Waals surface area contributed by atoms with Crippen LogP contribution in [0.25, 0.3) is 0 Å². The minimum absolute atomic E-state index is 0.181. The summed E-state index contributed by atoms with van der Waals surface area (Å²) in [6, 6.07) is 0. The number of nitrogens with one attached hydrogen (secondary N) is 2. The van der Waals surface area contributed by atoms with Gasteiger partial charge in [-0.2, -0.15) is 5.10 Å². The normalized spacial score (nSPS) is 11.9. The molecule has 2 heterocycles. The molecule has 0 amide bonds. The zero-order valence-electron chi connectivity index (χ0n) is 12.0. The molecule has 0 radical (unpaired) electrons. The largest absolute Gasteiger partial charge is 0.320 e. The van der Waals surface area contributed by atoms with Crippen LogP contribution in [0.15, 0.2) is 22.7 Å². The van der Waals surface area contributed by atoms with Crippen molar-refractivity contribution in [3.8, 4) is 0 Å². The van der Waals surface area contributed by atoms with E-state index in [1.54, 1.807) is 10.9 Å². The Bertz CT molecular complexity index is 677. The molecular formula is C12H19N5O2S2. The molecule has 2 aromatic heterocycles. The van der Waals surface area contributed by atoms with Crippen LogP contribution in [0.4, 0.5) is 0 Å². The maximum Gasteiger partial charge on any atom is 0.244 e. The number of hydrogen-bond donors (Lipinski definition) is 2. The van der Waals surface area contributed by atoms with Gasteiger partial charge in [0.1, 0.15) is 9.90 Å². The maximum absolute atomic E-state index is 12.2. The molecule has 21 heavy (non-hydrogen) atoms. The van der Waals surface area contributed by atoms with Crippen molar-refractivity contribution in [2.24, 2.45) is 0 Å². The van der Waals surface area contributed by atoms with E-state index in [0.717, 1.165) is 23.7 Å². The first-order chi connectivity index (χ1) is 10.0. The lowest BCUT2D eigenvalue weighted by atomic mass is 10.4. The van der Waals surface area contributed by atoms with Gasteiger partial charge in [-0.15, -0.1) is 11.3 Å². The van der Waals surface area contributed by atoms with Crippen LogP contribution in [0.1, 0.15) is 17.1 Å². The van der Waals surface area contributed by atoms with Crippen LogP contribution in [-0.2, 0) is 23.1 Å². The fourth-order valence-corrected chi connectivity index (χ4v) is 3.49. The van der Waals surface area contributed by atoms with Gasteiger partial charge in [-0.25, -0.2) is 18.1 Å². The van der Waals surface area contributed by atoms with E-state index >= 15 is 0 Å². The van der Waals surface area contributed by atoms with Crippen LogP contribution in [0.3, 0.4) is 0 Å². The molecular weight excluding hydrogens is 310 g/mol. The molecule has 0 aliphatic carbocycles. The number of aromatic nitrogens is 3. The van der Waals surface area contributed by atoms with Gasteiger partial charge in [-0.3, -0.25) is 4.68 Å². The minimum Gasteiger partial charge on any atom is -0.320 e. The van der Waals surface area contributed by atoms with E-state index in [4.69, 9.17) is 0 Å². The van der Waals surface area contributed by atoms with Gasteiger partial charge >= 0.3 is 0 Å². The van der Waals surface area contributed by atoms with Crippen molar-refractivity contribution in [1.82, 2.24) is 24.8 Å². The molecule has 116 valence electrons. The minimum atomic E-state index is -3.54. The maximum atomic E-state index is 12.2. The van der Waals surface area contributed by atoms with Crippen molar-refractivity contribution in [3.63, 3.8) is 0 Å². The number of sulfonamides is 1. The van der Waals surface area contributed by atoms with Crippen molar-refractivity contribution in [2.45, 2.75) is 31.3 Å². The summed E-state index contributed by atoms with van der Waals surface area (Å²) in [7, 11) is -1.66. The monoisotopic (exact) mass is 329 g/mol. The standard InChI is InChI=1S/C12H19N5O2S2/c1-10-9-20-12(16-10)7-15-21(18,19)11-6-14-17(8-11)5-3-4-13-2/h6,8-9,13,15H,3-5,7H2,1-2H3. The first-order valence-electron chi connectivity index (χ1n) is 6.59. The number of nitrogens with zero attached hydrogens (tertiary/aromatic N) is 3. The first-order valence-corrected chi connectivity index (χ1v) is 8.95. The third-order valence-electron chi connectivity index (χ3n) is 2.81. The molecule has 0 bridgehead atoms.